The number of phenolic OH excluding ortho intramolecular Hbond substituents is 1. The van der Waals surface area contributed by atoms with Gasteiger partial charge in [0.05, 0.1) is 6.04 Å². The standard InChI is InChI=1S/C25H22N2O3/c28-21-11-9-17(10-12-21)15-22(27-25(30)19-5-2-1-3-6-19)23(29)16-20-8-4-7-18-13-14-26-24(18)20/h1-14,22,26,28H,15-16H2,(H,27,30). The number of hydrogen-bond donors (Lipinski definition) is 3. The summed E-state index contributed by atoms with van der Waals surface area (Å²) in [4.78, 5) is 29.1. The summed E-state index contributed by atoms with van der Waals surface area (Å²) >= 11 is 0. The number of para-hydroxylation sites is 1. The molecule has 0 saturated carbocycles. The van der Waals surface area contributed by atoms with E-state index in [0.717, 1.165) is 22.0 Å². The van der Waals surface area contributed by atoms with Crippen molar-refractivity contribution in [2.45, 2.75) is 18.9 Å². The van der Waals surface area contributed by atoms with Crippen molar-refractivity contribution >= 4 is 22.6 Å². The first-order chi connectivity index (χ1) is 14.6. The largest absolute Gasteiger partial charge is 0.508 e. The molecule has 5 nitrogen and oxygen atoms in total. The molecule has 0 radical (unpaired) electrons. The quantitative estimate of drug-likeness (QED) is 0.440. The molecule has 0 spiro atoms. The highest BCUT2D eigenvalue weighted by Gasteiger charge is 2.23. The number of fused-ring (bicyclic) bond motifs is 1. The molecule has 0 aliphatic rings. The van der Waals surface area contributed by atoms with Gasteiger partial charge < -0.3 is 15.4 Å². The zero-order valence-electron chi connectivity index (χ0n) is 16.3. The lowest BCUT2D eigenvalue weighted by Gasteiger charge is -2.18. The third kappa shape index (κ3) is 4.41. The number of amides is 1. The van der Waals surface area contributed by atoms with Crippen molar-refractivity contribution in [3.05, 3.63) is 102 Å². The second-order valence-corrected chi connectivity index (χ2v) is 7.26. The van der Waals surface area contributed by atoms with Crippen LogP contribution in [0.4, 0.5) is 0 Å². The van der Waals surface area contributed by atoms with Crippen LogP contribution in [0.1, 0.15) is 21.5 Å². The second kappa shape index (κ2) is 8.66. The van der Waals surface area contributed by atoms with E-state index in [4.69, 9.17) is 0 Å². The maximum absolute atomic E-state index is 13.2. The van der Waals surface area contributed by atoms with Gasteiger partial charge in [-0.15, -0.1) is 0 Å². The third-order valence-corrected chi connectivity index (χ3v) is 5.14. The monoisotopic (exact) mass is 398 g/mol. The van der Waals surface area contributed by atoms with Crippen LogP contribution in [0.3, 0.4) is 0 Å². The second-order valence-electron chi connectivity index (χ2n) is 7.26. The van der Waals surface area contributed by atoms with E-state index in [1.54, 1.807) is 48.5 Å². The number of carbonyl (C=O) groups is 2. The zero-order valence-corrected chi connectivity index (χ0v) is 16.3. The Hall–Kier alpha value is -3.86. The van der Waals surface area contributed by atoms with E-state index in [9.17, 15) is 14.7 Å². The number of benzene rings is 3. The number of nitrogens with one attached hydrogen (secondary N) is 2. The summed E-state index contributed by atoms with van der Waals surface area (Å²) in [5.74, 6) is -0.200. The highest BCUT2D eigenvalue weighted by molar-refractivity contribution is 5.99. The van der Waals surface area contributed by atoms with Gasteiger partial charge in [0.1, 0.15) is 5.75 Å². The van der Waals surface area contributed by atoms with E-state index in [2.05, 4.69) is 10.3 Å². The van der Waals surface area contributed by atoms with Crippen molar-refractivity contribution < 1.29 is 14.7 Å². The molecule has 0 aliphatic carbocycles. The van der Waals surface area contributed by atoms with Crippen LogP contribution in [0.25, 0.3) is 10.9 Å². The van der Waals surface area contributed by atoms with Gasteiger partial charge in [-0.3, -0.25) is 9.59 Å². The number of Topliss-reactive ketones (excluding diaryl/α,β-unsaturated/α-hetero) is 1. The fourth-order valence-corrected chi connectivity index (χ4v) is 3.55. The zero-order chi connectivity index (χ0) is 20.9. The summed E-state index contributed by atoms with van der Waals surface area (Å²) in [5, 5.41) is 13.5. The van der Waals surface area contributed by atoms with Gasteiger partial charge in [0.15, 0.2) is 5.78 Å². The number of ketones is 1. The third-order valence-electron chi connectivity index (χ3n) is 5.14. The summed E-state index contributed by atoms with van der Waals surface area (Å²) in [6.45, 7) is 0. The summed E-state index contributed by atoms with van der Waals surface area (Å²) < 4.78 is 0. The maximum atomic E-state index is 13.2. The van der Waals surface area contributed by atoms with E-state index in [-0.39, 0.29) is 23.9 Å². The molecule has 0 bridgehead atoms. The Balaban J connectivity index is 1.58. The van der Waals surface area contributed by atoms with Gasteiger partial charge in [-0.25, -0.2) is 0 Å². The van der Waals surface area contributed by atoms with Crippen molar-refractivity contribution in [3.8, 4) is 5.75 Å². The summed E-state index contributed by atoms with van der Waals surface area (Å²) in [7, 11) is 0. The maximum Gasteiger partial charge on any atom is 0.251 e. The summed E-state index contributed by atoms with van der Waals surface area (Å²) in [5.41, 5.74) is 3.20. The Labute approximate surface area is 174 Å². The van der Waals surface area contributed by atoms with E-state index >= 15 is 0 Å². The number of hydrogen-bond acceptors (Lipinski definition) is 3. The van der Waals surface area contributed by atoms with E-state index in [0.29, 0.717) is 12.0 Å². The number of phenols is 1. The van der Waals surface area contributed by atoms with Crippen LogP contribution in [-0.4, -0.2) is 27.8 Å². The predicted octanol–water partition coefficient (Wildman–Crippen LogP) is 4.03. The summed E-state index contributed by atoms with van der Waals surface area (Å²) in [6.07, 6.45) is 2.40. The molecular formula is C25H22N2O3. The molecule has 3 aromatic carbocycles. The first-order valence-corrected chi connectivity index (χ1v) is 9.81. The fraction of sp³-hybridized carbons (Fsp3) is 0.120. The van der Waals surface area contributed by atoms with Crippen LogP contribution in [0.5, 0.6) is 5.75 Å². The van der Waals surface area contributed by atoms with Gasteiger partial charge in [-0.05, 0) is 53.3 Å². The van der Waals surface area contributed by atoms with E-state index < -0.39 is 6.04 Å². The molecule has 1 heterocycles. The van der Waals surface area contributed by atoms with Gasteiger partial charge in [0, 0.05) is 23.7 Å². The Kier molecular flexibility index (Phi) is 5.61. The van der Waals surface area contributed by atoms with Crippen LogP contribution >= 0.6 is 0 Å². The molecule has 4 rings (SSSR count). The Bertz CT molecular complexity index is 1160. The predicted molar refractivity (Wildman–Crippen MR) is 117 cm³/mol. The number of aromatic hydroxyl groups is 1. The molecule has 1 unspecified atom stereocenters. The van der Waals surface area contributed by atoms with Crippen molar-refractivity contribution in [2.75, 3.05) is 0 Å². The van der Waals surface area contributed by atoms with Gasteiger partial charge in [0.25, 0.3) is 5.91 Å². The molecule has 150 valence electrons. The van der Waals surface area contributed by atoms with Crippen LogP contribution in [-0.2, 0) is 17.6 Å². The minimum atomic E-state index is -0.688. The van der Waals surface area contributed by atoms with Crippen LogP contribution in [0, 0.1) is 0 Å². The van der Waals surface area contributed by atoms with Crippen molar-refractivity contribution in [1.82, 2.24) is 10.3 Å². The van der Waals surface area contributed by atoms with Crippen LogP contribution in [0.2, 0.25) is 0 Å². The number of carbonyl (C=O) groups excluding carboxylic acids is 2. The Morgan fingerprint density at radius 3 is 2.43 bits per heavy atom. The van der Waals surface area contributed by atoms with Crippen molar-refractivity contribution in [1.29, 1.82) is 0 Å². The number of rotatable bonds is 7. The van der Waals surface area contributed by atoms with Crippen LogP contribution in [0.15, 0.2) is 85.1 Å². The average molecular weight is 398 g/mol. The molecule has 1 amide bonds. The normalized spacial score (nSPS) is 11.9. The van der Waals surface area contributed by atoms with E-state index in [1.165, 1.54) is 0 Å². The Morgan fingerprint density at radius 2 is 1.67 bits per heavy atom. The lowest BCUT2D eigenvalue weighted by atomic mass is 9.96. The van der Waals surface area contributed by atoms with E-state index in [1.807, 2.05) is 36.5 Å². The fourth-order valence-electron chi connectivity index (χ4n) is 3.55. The minimum Gasteiger partial charge on any atom is -0.508 e. The lowest BCUT2D eigenvalue weighted by Crippen LogP contribution is -2.43. The molecule has 1 atom stereocenters. The highest BCUT2D eigenvalue weighted by Crippen LogP contribution is 2.19. The number of H-pyrrole nitrogens is 1. The van der Waals surface area contributed by atoms with Gasteiger partial charge in [0.2, 0.25) is 0 Å². The van der Waals surface area contributed by atoms with Crippen molar-refractivity contribution in [2.24, 2.45) is 0 Å². The molecule has 4 aromatic rings. The van der Waals surface area contributed by atoms with Gasteiger partial charge in [-0.2, -0.15) is 0 Å². The number of aromatic amines is 1. The SMILES string of the molecule is O=C(NC(Cc1ccc(O)cc1)C(=O)Cc1cccc2cc[nH]c12)c1ccccc1. The molecule has 0 aliphatic heterocycles. The first kappa shape index (κ1) is 19.5. The van der Waals surface area contributed by atoms with Gasteiger partial charge >= 0.3 is 0 Å². The minimum absolute atomic E-state index is 0.0746. The molecule has 0 fully saturated rings. The highest BCUT2D eigenvalue weighted by atomic mass is 16.3. The van der Waals surface area contributed by atoms with Crippen LogP contribution < -0.4 is 5.32 Å². The smallest absolute Gasteiger partial charge is 0.251 e. The molecule has 3 N–H and O–H groups in total. The average Bonchev–Trinajstić information content (AvgIpc) is 3.25. The van der Waals surface area contributed by atoms with Gasteiger partial charge in [-0.1, -0.05) is 48.5 Å². The Morgan fingerprint density at radius 1 is 0.900 bits per heavy atom. The molecule has 1 aromatic heterocycles. The molecule has 5 heteroatoms. The first-order valence-electron chi connectivity index (χ1n) is 9.81. The topological polar surface area (TPSA) is 82.2 Å². The lowest BCUT2D eigenvalue weighted by molar-refractivity contribution is -0.120. The molecular weight excluding hydrogens is 376 g/mol. The van der Waals surface area contributed by atoms with Crippen molar-refractivity contribution in [3.63, 3.8) is 0 Å². The molecule has 30 heavy (non-hydrogen) atoms. The number of aromatic nitrogens is 1. The summed E-state index contributed by atoms with van der Waals surface area (Å²) in [6, 6.07) is 22.7. The molecule has 0 saturated heterocycles.